The lowest BCUT2D eigenvalue weighted by molar-refractivity contribution is 0.396. The molecule has 1 aliphatic heterocycles. The van der Waals surface area contributed by atoms with Gasteiger partial charge in [-0.05, 0) is 67.4 Å². The van der Waals surface area contributed by atoms with E-state index in [1.165, 1.54) is 6.42 Å². The van der Waals surface area contributed by atoms with Gasteiger partial charge in [-0.1, -0.05) is 18.5 Å². The summed E-state index contributed by atoms with van der Waals surface area (Å²) in [7, 11) is 1.60. The number of piperidine rings is 1. The predicted octanol–water partition coefficient (Wildman–Crippen LogP) is 5.12. The molecular formula is C23H26ClN5O2S. The smallest absolute Gasteiger partial charge is 0.234 e. The van der Waals surface area contributed by atoms with Gasteiger partial charge in [-0.3, -0.25) is 0 Å². The number of nitrogens with one attached hydrogen (secondary N) is 2. The van der Waals surface area contributed by atoms with E-state index in [4.69, 9.17) is 33.0 Å². The number of nitrogens with zero attached hydrogens (tertiary/aromatic N) is 3. The van der Waals surface area contributed by atoms with Gasteiger partial charge in [0.05, 0.1) is 13.7 Å². The van der Waals surface area contributed by atoms with E-state index in [0.717, 1.165) is 42.4 Å². The standard InChI is InChI=1S/C23H26ClN5O2S/c1-15-4-3-11-29(14-15)20-12-21(30-2)27-22(26-20)28-23(32)25-13-18-9-10-19(31-18)16-5-7-17(24)8-6-16/h5-10,12,15H,3-4,11,13-14H2,1-2H3,(H2,25,26,27,28,32). The summed E-state index contributed by atoms with van der Waals surface area (Å²) in [6.45, 7) is 4.63. The Labute approximate surface area is 198 Å². The van der Waals surface area contributed by atoms with Crippen molar-refractivity contribution < 1.29 is 9.15 Å². The molecule has 3 heterocycles. The number of hydrogen-bond donors (Lipinski definition) is 2. The Bertz CT molecular complexity index is 1070. The molecule has 0 spiro atoms. The fraction of sp³-hybridized carbons (Fsp3) is 0.348. The largest absolute Gasteiger partial charge is 0.481 e. The minimum absolute atomic E-state index is 0.399. The van der Waals surface area contributed by atoms with Crippen molar-refractivity contribution in [3.8, 4) is 17.2 Å². The summed E-state index contributed by atoms with van der Waals surface area (Å²) in [5, 5.41) is 7.29. The van der Waals surface area contributed by atoms with Crippen LogP contribution in [-0.2, 0) is 6.54 Å². The highest BCUT2D eigenvalue weighted by atomic mass is 35.5. The lowest BCUT2D eigenvalue weighted by Gasteiger charge is -2.32. The number of aromatic nitrogens is 2. The fourth-order valence-electron chi connectivity index (χ4n) is 3.69. The zero-order valence-electron chi connectivity index (χ0n) is 18.1. The summed E-state index contributed by atoms with van der Waals surface area (Å²) < 4.78 is 11.3. The summed E-state index contributed by atoms with van der Waals surface area (Å²) in [5.41, 5.74) is 0.964. The van der Waals surface area contributed by atoms with Crippen molar-refractivity contribution in [3.05, 3.63) is 53.2 Å². The first kappa shape index (κ1) is 22.4. The number of methoxy groups -OCH3 is 1. The van der Waals surface area contributed by atoms with Crippen LogP contribution < -0.4 is 20.3 Å². The van der Waals surface area contributed by atoms with Crippen molar-refractivity contribution in [1.82, 2.24) is 15.3 Å². The summed E-state index contributed by atoms with van der Waals surface area (Å²) in [4.78, 5) is 11.3. The third kappa shape index (κ3) is 5.69. The van der Waals surface area contributed by atoms with Crippen molar-refractivity contribution in [2.24, 2.45) is 5.92 Å². The van der Waals surface area contributed by atoms with E-state index >= 15 is 0 Å². The lowest BCUT2D eigenvalue weighted by atomic mass is 10.0. The molecular weight excluding hydrogens is 446 g/mol. The van der Waals surface area contributed by atoms with Gasteiger partial charge in [0.1, 0.15) is 17.3 Å². The van der Waals surface area contributed by atoms with Gasteiger partial charge in [0.25, 0.3) is 0 Å². The van der Waals surface area contributed by atoms with Crippen LogP contribution in [0, 0.1) is 5.92 Å². The fourth-order valence-corrected chi connectivity index (χ4v) is 3.98. The number of rotatable bonds is 6. The van der Waals surface area contributed by atoms with E-state index in [1.54, 1.807) is 7.11 Å². The zero-order valence-corrected chi connectivity index (χ0v) is 19.7. The molecule has 3 aromatic rings. The number of furan rings is 1. The average Bonchev–Trinajstić information content (AvgIpc) is 3.27. The highest BCUT2D eigenvalue weighted by Gasteiger charge is 2.19. The molecule has 9 heteroatoms. The number of ether oxygens (including phenoxy) is 1. The molecule has 4 rings (SSSR count). The molecule has 32 heavy (non-hydrogen) atoms. The molecule has 1 atom stereocenters. The van der Waals surface area contributed by atoms with Gasteiger partial charge in [-0.2, -0.15) is 9.97 Å². The van der Waals surface area contributed by atoms with Crippen LogP contribution in [0.5, 0.6) is 5.88 Å². The molecule has 0 radical (unpaired) electrons. The third-order valence-corrected chi connectivity index (χ3v) is 5.82. The molecule has 2 aromatic heterocycles. The first-order valence-electron chi connectivity index (χ1n) is 10.6. The van der Waals surface area contributed by atoms with Crippen LogP contribution in [0.4, 0.5) is 11.8 Å². The van der Waals surface area contributed by atoms with Crippen LogP contribution in [-0.4, -0.2) is 35.3 Å². The minimum atomic E-state index is 0.399. The van der Waals surface area contributed by atoms with E-state index in [-0.39, 0.29) is 0 Å². The maximum absolute atomic E-state index is 5.95. The summed E-state index contributed by atoms with van der Waals surface area (Å²) >= 11 is 11.4. The van der Waals surface area contributed by atoms with Gasteiger partial charge in [-0.25, -0.2) is 0 Å². The molecule has 1 fully saturated rings. The average molecular weight is 472 g/mol. The molecule has 1 saturated heterocycles. The number of benzene rings is 1. The summed E-state index contributed by atoms with van der Waals surface area (Å²) in [6.07, 6.45) is 2.39. The van der Waals surface area contributed by atoms with E-state index in [2.05, 4.69) is 32.4 Å². The number of halogens is 1. The Morgan fingerprint density at radius 2 is 2.06 bits per heavy atom. The normalized spacial score (nSPS) is 16.0. The third-order valence-electron chi connectivity index (χ3n) is 5.32. The molecule has 1 aliphatic rings. The van der Waals surface area contributed by atoms with Gasteiger partial charge in [0.2, 0.25) is 11.8 Å². The molecule has 168 valence electrons. The molecule has 0 bridgehead atoms. The lowest BCUT2D eigenvalue weighted by Crippen LogP contribution is -2.35. The van der Waals surface area contributed by atoms with Crippen molar-refractivity contribution in [2.75, 3.05) is 30.4 Å². The van der Waals surface area contributed by atoms with E-state index in [9.17, 15) is 0 Å². The van der Waals surface area contributed by atoms with E-state index in [1.807, 2.05) is 42.5 Å². The van der Waals surface area contributed by atoms with Crippen LogP contribution in [0.2, 0.25) is 5.02 Å². The maximum Gasteiger partial charge on any atom is 0.234 e. The second-order valence-electron chi connectivity index (χ2n) is 7.87. The van der Waals surface area contributed by atoms with Crippen molar-refractivity contribution in [2.45, 2.75) is 26.3 Å². The number of thiocarbonyl (C=S) groups is 1. The first-order chi connectivity index (χ1) is 15.5. The second-order valence-corrected chi connectivity index (χ2v) is 8.71. The summed E-state index contributed by atoms with van der Waals surface area (Å²) in [5.74, 6) is 3.90. The van der Waals surface area contributed by atoms with Crippen molar-refractivity contribution >= 4 is 40.7 Å². The Morgan fingerprint density at radius 1 is 1.25 bits per heavy atom. The number of hydrogen-bond acceptors (Lipinski definition) is 6. The van der Waals surface area contributed by atoms with Crippen LogP contribution >= 0.6 is 23.8 Å². The topological polar surface area (TPSA) is 75.5 Å². The minimum Gasteiger partial charge on any atom is -0.481 e. The molecule has 1 aromatic carbocycles. The monoisotopic (exact) mass is 471 g/mol. The molecule has 0 amide bonds. The van der Waals surface area contributed by atoms with Gasteiger partial charge < -0.3 is 24.7 Å². The van der Waals surface area contributed by atoms with E-state index in [0.29, 0.717) is 34.4 Å². The Morgan fingerprint density at radius 3 is 2.81 bits per heavy atom. The Hall–Kier alpha value is -2.84. The van der Waals surface area contributed by atoms with Gasteiger partial charge in [0, 0.05) is 29.7 Å². The van der Waals surface area contributed by atoms with Gasteiger partial charge in [-0.15, -0.1) is 0 Å². The maximum atomic E-state index is 5.95. The second kappa shape index (κ2) is 10.2. The highest BCUT2D eigenvalue weighted by molar-refractivity contribution is 7.80. The van der Waals surface area contributed by atoms with Gasteiger partial charge >= 0.3 is 0 Å². The Kier molecular flexibility index (Phi) is 7.12. The highest BCUT2D eigenvalue weighted by Crippen LogP contribution is 2.26. The molecule has 1 unspecified atom stereocenters. The first-order valence-corrected chi connectivity index (χ1v) is 11.4. The predicted molar refractivity (Wildman–Crippen MR) is 131 cm³/mol. The number of anilines is 2. The van der Waals surface area contributed by atoms with Crippen LogP contribution in [0.25, 0.3) is 11.3 Å². The van der Waals surface area contributed by atoms with Crippen molar-refractivity contribution in [3.63, 3.8) is 0 Å². The van der Waals surface area contributed by atoms with Crippen molar-refractivity contribution in [1.29, 1.82) is 0 Å². The summed E-state index contributed by atoms with van der Waals surface area (Å²) in [6, 6.07) is 13.2. The molecule has 2 N–H and O–H groups in total. The Balaban J connectivity index is 1.37. The van der Waals surface area contributed by atoms with Gasteiger partial charge in [0.15, 0.2) is 5.11 Å². The molecule has 0 aliphatic carbocycles. The SMILES string of the molecule is COc1cc(N2CCCC(C)C2)nc(NC(=S)NCc2ccc(-c3ccc(Cl)cc3)o2)n1. The molecule has 7 nitrogen and oxygen atoms in total. The quantitative estimate of drug-likeness (QED) is 0.480. The zero-order chi connectivity index (χ0) is 22.5. The van der Waals surface area contributed by atoms with Crippen LogP contribution in [0.1, 0.15) is 25.5 Å². The van der Waals surface area contributed by atoms with E-state index < -0.39 is 0 Å². The molecule has 0 saturated carbocycles. The van der Waals surface area contributed by atoms with Crippen LogP contribution in [0.3, 0.4) is 0 Å². The van der Waals surface area contributed by atoms with Crippen LogP contribution in [0.15, 0.2) is 46.9 Å².